The smallest absolute Gasteiger partial charge is 0.338 e. The molecule has 2 aromatic carbocycles. The Labute approximate surface area is 233 Å². The Bertz CT molecular complexity index is 1170. The third kappa shape index (κ3) is 7.11. The zero-order valence-electron chi connectivity index (χ0n) is 22.3. The average Bonchev–Trinajstić information content (AvgIpc) is 3.17. The number of benzene rings is 2. The number of hydrogen-bond acceptors (Lipinski definition) is 8. The Morgan fingerprint density at radius 1 is 1.00 bits per heavy atom. The maximum absolute atomic E-state index is 13.7. The van der Waals surface area contributed by atoms with Gasteiger partial charge in [0.15, 0.2) is 5.11 Å². The second kappa shape index (κ2) is 13.5. The minimum Gasteiger partial charge on any atom is -0.494 e. The highest BCUT2D eigenvalue weighted by atomic mass is 32.1. The lowest BCUT2D eigenvalue weighted by Gasteiger charge is -2.30. The number of nitrogens with one attached hydrogen (secondary N) is 1. The van der Waals surface area contributed by atoms with Crippen LogP contribution in [0.5, 0.6) is 5.75 Å². The van der Waals surface area contributed by atoms with Crippen molar-refractivity contribution >= 4 is 46.5 Å². The van der Waals surface area contributed by atoms with Crippen LogP contribution in [0.2, 0.25) is 0 Å². The summed E-state index contributed by atoms with van der Waals surface area (Å²) >= 11 is 5.76. The topological polar surface area (TPSA) is 101 Å². The van der Waals surface area contributed by atoms with Gasteiger partial charge in [0.2, 0.25) is 5.91 Å². The normalized spacial score (nSPS) is 17.8. The SMILES string of the molecule is CCOC(=O)c1ccc(N2C(=O)[C@@H](CC(=O)Nc3ccc(OCC)cc3)N(CCN3CCOCC3)C2=S)cc1. The lowest BCUT2D eigenvalue weighted by atomic mass is 10.1. The lowest BCUT2D eigenvalue weighted by Crippen LogP contribution is -2.45. The molecule has 0 saturated carbocycles. The maximum atomic E-state index is 13.7. The lowest BCUT2D eigenvalue weighted by molar-refractivity contribution is -0.124. The predicted octanol–water partition coefficient (Wildman–Crippen LogP) is 2.93. The molecule has 2 aromatic rings. The monoisotopic (exact) mass is 554 g/mol. The molecule has 0 bridgehead atoms. The molecule has 11 heteroatoms. The first-order valence-electron chi connectivity index (χ1n) is 13.2. The molecule has 208 valence electrons. The molecule has 0 aromatic heterocycles. The summed E-state index contributed by atoms with van der Waals surface area (Å²) in [6, 6.07) is 12.9. The molecule has 39 heavy (non-hydrogen) atoms. The van der Waals surface area contributed by atoms with Gasteiger partial charge in [-0.05, 0) is 74.6 Å². The number of carbonyl (C=O) groups excluding carboxylic acids is 3. The first-order chi connectivity index (χ1) is 18.9. The first-order valence-corrected chi connectivity index (χ1v) is 13.6. The van der Waals surface area contributed by atoms with Crippen LogP contribution in [-0.2, 0) is 19.1 Å². The Morgan fingerprint density at radius 3 is 2.33 bits per heavy atom. The third-order valence-corrected chi connectivity index (χ3v) is 6.96. The van der Waals surface area contributed by atoms with Crippen molar-refractivity contribution in [2.24, 2.45) is 0 Å². The summed E-state index contributed by atoms with van der Waals surface area (Å²) in [6.45, 7) is 8.57. The first kappa shape index (κ1) is 28.5. The highest BCUT2D eigenvalue weighted by Gasteiger charge is 2.44. The molecular formula is C28H34N4O6S. The second-order valence-corrected chi connectivity index (χ2v) is 9.46. The Hall–Kier alpha value is -3.54. The number of nitrogens with zero attached hydrogens (tertiary/aromatic N) is 3. The van der Waals surface area contributed by atoms with Crippen LogP contribution >= 0.6 is 12.2 Å². The van der Waals surface area contributed by atoms with Crippen molar-refractivity contribution in [1.82, 2.24) is 9.80 Å². The number of ether oxygens (including phenoxy) is 3. The molecule has 0 aliphatic carbocycles. The minimum absolute atomic E-state index is 0.0628. The zero-order valence-corrected chi connectivity index (χ0v) is 23.1. The van der Waals surface area contributed by atoms with Crippen molar-refractivity contribution < 1.29 is 28.6 Å². The fourth-order valence-corrected chi connectivity index (χ4v) is 4.96. The van der Waals surface area contributed by atoms with Gasteiger partial charge in [-0.3, -0.25) is 19.4 Å². The highest BCUT2D eigenvalue weighted by molar-refractivity contribution is 7.80. The van der Waals surface area contributed by atoms with Crippen molar-refractivity contribution in [3.63, 3.8) is 0 Å². The third-order valence-electron chi connectivity index (χ3n) is 6.54. The Morgan fingerprint density at radius 2 is 1.69 bits per heavy atom. The average molecular weight is 555 g/mol. The highest BCUT2D eigenvalue weighted by Crippen LogP contribution is 2.28. The van der Waals surface area contributed by atoms with Crippen LogP contribution in [0.15, 0.2) is 48.5 Å². The number of anilines is 2. The predicted molar refractivity (Wildman–Crippen MR) is 151 cm³/mol. The van der Waals surface area contributed by atoms with Crippen LogP contribution in [0.1, 0.15) is 30.6 Å². The molecule has 2 fully saturated rings. The number of rotatable bonds is 11. The van der Waals surface area contributed by atoms with Crippen molar-refractivity contribution in [2.75, 3.05) is 62.8 Å². The van der Waals surface area contributed by atoms with Gasteiger partial charge in [0.05, 0.1) is 44.1 Å². The van der Waals surface area contributed by atoms with Crippen LogP contribution in [0.3, 0.4) is 0 Å². The second-order valence-electron chi connectivity index (χ2n) is 9.10. The molecular weight excluding hydrogens is 520 g/mol. The molecule has 10 nitrogen and oxygen atoms in total. The minimum atomic E-state index is -0.758. The van der Waals surface area contributed by atoms with Gasteiger partial charge in [0, 0.05) is 31.9 Å². The number of thiocarbonyl (C=S) groups is 1. The van der Waals surface area contributed by atoms with E-state index in [2.05, 4.69) is 10.2 Å². The molecule has 0 radical (unpaired) electrons. The number of esters is 1. The number of amides is 2. The van der Waals surface area contributed by atoms with E-state index in [-0.39, 0.29) is 24.8 Å². The Balaban J connectivity index is 1.50. The molecule has 2 heterocycles. The summed E-state index contributed by atoms with van der Waals surface area (Å²) in [7, 11) is 0. The van der Waals surface area contributed by atoms with Gasteiger partial charge in [0.1, 0.15) is 11.8 Å². The fourth-order valence-electron chi connectivity index (χ4n) is 4.55. The molecule has 1 N–H and O–H groups in total. The summed E-state index contributed by atoms with van der Waals surface area (Å²) in [6.07, 6.45) is -0.0628. The molecule has 0 spiro atoms. The van der Waals surface area contributed by atoms with E-state index in [9.17, 15) is 14.4 Å². The fraction of sp³-hybridized carbons (Fsp3) is 0.429. The van der Waals surface area contributed by atoms with E-state index < -0.39 is 12.0 Å². The van der Waals surface area contributed by atoms with E-state index in [4.69, 9.17) is 26.4 Å². The molecule has 1 atom stereocenters. The van der Waals surface area contributed by atoms with Gasteiger partial charge in [-0.15, -0.1) is 0 Å². The van der Waals surface area contributed by atoms with E-state index >= 15 is 0 Å². The molecule has 0 unspecified atom stereocenters. The summed E-state index contributed by atoms with van der Waals surface area (Å²) < 4.78 is 15.9. The zero-order chi connectivity index (χ0) is 27.8. The van der Waals surface area contributed by atoms with Gasteiger partial charge in [-0.2, -0.15) is 0 Å². The molecule has 2 saturated heterocycles. The standard InChI is InChI=1S/C28H34N4O6S/c1-3-37-23-11-7-21(8-12-23)29-25(33)19-24-26(34)32(22-9-5-20(6-10-22)27(35)38-4-2)28(39)31(24)14-13-30-15-17-36-18-16-30/h5-12,24H,3-4,13-19H2,1-2H3,(H,29,33)/t24-/m1/s1. The largest absolute Gasteiger partial charge is 0.494 e. The van der Waals surface area contributed by atoms with Crippen LogP contribution in [0.4, 0.5) is 11.4 Å². The Kier molecular flexibility index (Phi) is 9.85. The van der Waals surface area contributed by atoms with E-state index in [1.807, 2.05) is 11.8 Å². The van der Waals surface area contributed by atoms with Gasteiger partial charge in [-0.25, -0.2) is 4.79 Å². The summed E-state index contributed by atoms with van der Waals surface area (Å²) in [4.78, 5) is 44.3. The van der Waals surface area contributed by atoms with Gasteiger partial charge in [0.25, 0.3) is 5.91 Å². The van der Waals surface area contributed by atoms with Crippen LogP contribution in [0.25, 0.3) is 0 Å². The number of carbonyl (C=O) groups is 3. The van der Waals surface area contributed by atoms with Gasteiger partial charge < -0.3 is 24.4 Å². The van der Waals surface area contributed by atoms with Crippen LogP contribution in [0, 0.1) is 0 Å². The van der Waals surface area contributed by atoms with Crippen molar-refractivity contribution in [1.29, 1.82) is 0 Å². The summed E-state index contributed by atoms with van der Waals surface area (Å²) in [5.74, 6) is -0.301. The van der Waals surface area contributed by atoms with Crippen molar-refractivity contribution in [3.8, 4) is 5.75 Å². The van der Waals surface area contributed by atoms with E-state index in [1.54, 1.807) is 55.5 Å². The molecule has 2 amide bonds. The van der Waals surface area contributed by atoms with Crippen molar-refractivity contribution in [2.45, 2.75) is 26.3 Å². The van der Waals surface area contributed by atoms with E-state index in [1.165, 1.54) is 4.90 Å². The molecule has 2 aliphatic rings. The van der Waals surface area contributed by atoms with Gasteiger partial charge in [-0.1, -0.05) is 0 Å². The quantitative estimate of drug-likeness (QED) is 0.332. The summed E-state index contributed by atoms with van der Waals surface area (Å²) in [5.41, 5.74) is 1.53. The van der Waals surface area contributed by atoms with Crippen molar-refractivity contribution in [3.05, 3.63) is 54.1 Å². The molecule has 4 rings (SSSR count). The van der Waals surface area contributed by atoms with Gasteiger partial charge >= 0.3 is 5.97 Å². The maximum Gasteiger partial charge on any atom is 0.338 e. The number of morpholine rings is 1. The molecule has 2 aliphatic heterocycles. The van der Waals surface area contributed by atoms with Crippen LogP contribution < -0.4 is 15.0 Å². The number of hydrogen-bond donors (Lipinski definition) is 1. The van der Waals surface area contributed by atoms with E-state index in [0.717, 1.165) is 13.1 Å². The van der Waals surface area contributed by atoms with E-state index in [0.29, 0.717) is 60.7 Å². The van der Waals surface area contributed by atoms with Crippen LogP contribution in [-0.4, -0.2) is 91.3 Å². The summed E-state index contributed by atoms with van der Waals surface area (Å²) in [5, 5.41) is 3.20.